The molecule has 1 fully saturated rings. The summed E-state index contributed by atoms with van der Waals surface area (Å²) in [4.78, 5) is 14.0. The molecule has 0 saturated carbocycles. The fraction of sp³-hybridized carbons (Fsp3) is 0.500. The van der Waals surface area contributed by atoms with Crippen molar-refractivity contribution in [3.05, 3.63) is 35.4 Å². The van der Waals surface area contributed by atoms with Crippen LogP contribution in [-0.4, -0.2) is 17.4 Å². The van der Waals surface area contributed by atoms with Crippen molar-refractivity contribution in [2.75, 3.05) is 6.54 Å². The molecule has 1 aromatic rings. The fourth-order valence-electron chi connectivity index (χ4n) is 2.12. The zero-order valence-corrected chi connectivity index (χ0v) is 10.3. The Balaban J connectivity index is 2.07. The topological polar surface area (TPSA) is 20.3 Å². The Bertz CT molecular complexity index is 392. The largest absolute Gasteiger partial charge is 0.338 e. The van der Waals surface area contributed by atoms with E-state index >= 15 is 0 Å². The van der Waals surface area contributed by atoms with Crippen molar-refractivity contribution in [3.8, 4) is 0 Å². The number of likely N-dealkylation sites (tertiary alicyclic amines) is 1. The van der Waals surface area contributed by atoms with Crippen LogP contribution in [-0.2, 0) is 11.3 Å². The minimum Gasteiger partial charge on any atom is -0.338 e. The maximum Gasteiger partial charge on any atom is 0.228 e. The molecule has 0 spiro atoms. The van der Waals surface area contributed by atoms with Crippen LogP contribution >= 0.6 is 0 Å². The molecule has 86 valence electrons. The van der Waals surface area contributed by atoms with Gasteiger partial charge in [-0.3, -0.25) is 4.79 Å². The van der Waals surface area contributed by atoms with E-state index in [2.05, 4.69) is 31.2 Å². The van der Waals surface area contributed by atoms with Gasteiger partial charge in [0.1, 0.15) is 0 Å². The third kappa shape index (κ3) is 2.11. The van der Waals surface area contributed by atoms with E-state index in [-0.39, 0.29) is 11.3 Å². The first-order valence-electron chi connectivity index (χ1n) is 5.84. The van der Waals surface area contributed by atoms with Gasteiger partial charge in [-0.05, 0) is 18.9 Å². The SMILES string of the molecule is Cc1ccc(CN2CCC(C)(C)C2=O)cc1. The van der Waals surface area contributed by atoms with Gasteiger partial charge in [0.15, 0.2) is 0 Å². The first kappa shape index (κ1) is 11.2. The van der Waals surface area contributed by atoms with Crippen molar-refractivity contribution >= 4 is 5.91 Å². The maximum absolute atomic E-state index is 12.0. The third-order valence-corrected chi connectivity index (χ3v) is 3.37. The smallest absolute Gasteiger partial charge is 0.228 e. The zero-order chi connectivity index (χ0) is 11.8. The second-order valence-electron chi connectivity index (χ2n) is 5.35. The summed E-state index contributed by atoms with van der Waals surface area (Å²) in [6.45, 7) is 7.78. The lowest BCUT2D eigenvalue weighted by atomic mass is 9.92. The number of carbonyl (C=O) groups is 1. The van der Waals surface area contributed by atoms with E-state index in [9.17, 15) is 4.79 Å². The van der Waals surface area contributed by atoms with E-state index in [4.69, 9.17) is 0 Å². The summed E-state index contributed by atoms with van der Waals surface area (Å²) in [5, 5.41) is 0. The minimum atomic E-state index is -0.162. The first-order valence-corrected chi connectivity index (χ1v) is 5.84. The van der Waals surface area contributed by atoms with Crippen LogP contribution in [0, 0.1) is 12.3 Å². The maximum atomic E-state index is 12.0. The lowest BCUT2D eigenvalue weighted by Gasteiger charge is -2.19. The standard InChI is InChI=1S/C14H19NO/c1-11-4-6-12(7-5-11)10-15-9-8-14(2,3)13(15)16/h4-7H,8-10H2,1-3H3. The lowest BCUT2D eigenvalue weighted by molar-refractivity contribution is -0.135. The van der Waals surface area contributed by atoms with E-state index in [1.807, 2.05) is 18.7 Å². The van der Waals surface area contributed by atoms with Crippen LogP contribution in [0.4, 0.5) is 0 Å². The molecule has 0 atom stereocenters. The summed E-state index contributed by atoms with van der Waals surface area (Å²) in [6, 6.07) is 8.41. The predicted molar refractivity (Wildman–Crippen MR) is 65.0 cm³/mol. The second kappa shape index (κ2) is 3.93. The molecule has 0 aromatic heterocycles. The van der Waals surface area contributed by atoms with Gasteiger partial charge in [0.25, 0.3) is 0 Å². The molecule has 0 unspecified atom stereocenters. The van der Waals surface area contributed by atoms with Crippen molar-refractivity contribution in [2.45, 2.75) is 33.7 Å². The number of rotatable bonds is 2. The minimum absolute atomic E-state index is 0.162. The van der Waals surface area contributed by atoms with E-state index < -0.39 is 0 Å². The summed E-state index contributed by atoms with van der Waals surface area (Å²) in [6.07, 6.45) is 0.970. The quantitative estimate of drug-likeness (QED) is 0.746. The summed E-state index contributed by atoms with van der Waals surface area (Å²) in [5.41, 5.74) is 2.32. The highest BCUT2D eigenvalue weighted by molar-refractivity contribution is 5.83. The molecule has 0 N–H and O–H groups in total. The van der Waals surface area contributed by atoms with Crippen LogP contribution < -0.4 is 0 Å². The molecule has 1 aromatic carbocycles. The van der Waals surface area contributed by atoms with Crippen molar-refractivity contribution < 1.29 is 4.79 Å². The normalized spacial score (nSPS) is 19.2. The first-order chi connectivity index (χ1) is 7.49. The Morgan fingerprint density at radius 3 is 2.38 bits per heavy atom. The highest BCUT2D eigenvalue weighted by atomic mass is 16.2. The van der Waals surface area contributed by atoms with Gasteiger partial charge in [0.2, 0.25) is 5.91 Å². The summed E-state index contributed by atoms with van der Waals surface area (Å²) in [7, 11) is 0. The van der Waals surface area contributed by atoms with Crippen molar-refractivity contribution in [1.29, 1.82) is 0 Å². The monoisotopic (exact) mass is 217 g/mol. The van der Waals surface area contributed by atoms with E-state index in [0.717, 1.165) is 19.5 Å². The van der Waals surface area contributed by atoms with Crippen molar-refractivity contribution in [3.63, 3.8) is 0 Å². The van der Waals surface area contributed by atoms with Gasteiger partial charge in [-0.25, -0.2) is 0 Å². The highest BCUT2D eigenvalue weighted by Gasteiger charge is 2.38. The molecule has 16 heavy (non-hydrogen) atoms. The zero-order valence-electron chi connectivity index (χ0n) is 10.3. The number of benzene rings is 1. The van der Waals surface area contributed by atoms with Gasteiger partial charge in [-0.1, -0.05) is 43.7 Å². The molecule has 1 aliphatic heterocycles. The molecule has 2 nitrogen and oxygen atoms in total. The van der Waals surface area contributed by atoms with Crippen LogP contribution in [0.2, 0.25) is 0 Å². The van der Waals surface area contributed by atoms with E-state index in [1.165, 1.54) is 11.1 Å². The number of hydrogen-bond acceptors (Lipinski definition) is 1. The van der Waals surface area contributed by atoms with E-state index in [0.29, 0.717) is 0 Å². The molecule has 2 heteroatoms. The number of hydrogen-bond donors (Lipinski definition) is 0. The second-order valence-corrected chi connectivity index (χ2v) is 5.35. The van der Waals surface area contributed by atoms with Gasteiger partial charge in [0.05, 0.1) is 0 Å². The Morgan fingerprint density at radius 2 is 1.88 bits per heavy atom. The molecule has 0 aliphatic carbocycles. The number of carbonyl (C=O) groups excluding carboxylic acids is 1. The molecule has 1 heterocycles. The van der Waals surface area contributed by atoms with Crippen molar-refractivity contribution in [1.82, 2.24) is 4.90 Å². The average molecular weight is 217 g/mol. The summed E-state index contributed by atoms with van der Waals surface area (Å²) < 4.78 is 0. The molecule has 0 radical (unpaired) electrons. The molecule has 2 rings (SSSR count). The molecule has 1 aliphatic rings. The summed E-state index contributed by atoms with van der Waals surface area (Å²) in [5.74, 6) is 0.285. The average Bonchev–Trinajstić information content (AvgIpc) is 2.49. The summed E-state index contributed by atoms with van der Waals surface area (Å²) >= 11 is 0. The number of nitrogens with zero attached hydrogens (tertiary/aromatic N) is 1. The van der Waals surface area contributed by atoms with Crippen LogP contribution in [0.15, 0.2) is 24.3 Å². The Hall–Kier alpha value is -1.31. The Kier molecular flexibility index (Phi) is 2.75. The molecular formula is C14H19NO. The number of amides is 1. The molecule has 1 amide bonds. The van der Waals surface area contributed by atoms with Crippen LogP contribution in [0.3, 0.4) is 0 Å². The van der Waals surface area contributed by atoms with Gasteiger partial charge < -0.3 is 4.90 Å². The third-order valence-electron chi connectivity index (χ3n) is 3.37. The predicted octanol–water partition coefficient (Wildman–Crippen LogP) is 2.75. The molecule has 1 saturated heterocycles. The molecule has 0 bridgehead atoms. The van der Waals surface area contributed by atoms with Gasteiger partial charge >= 0.3 is 0 Å². The van der Waals surface area contributed by atoms with E-state index in [1.54, 1.807) is 0 Å². The van der Waals surface area contributed by atoms with Gasteiger partial charge in [-0.15, -0.1) is 0 Å². The Labute approximate surface area is 97.3 Å². The van der Waals surface area contributed by atoms with Crippen LogP contribution in [0.5, 0.6) is 0 Å². The van der Waals surface area contributed by atoms with Gasteiger partial charge in [-0.2, -0.15) is 0 Å². The Morgan fingerprint density at radius 1 is 1.25 bits per heavy atom. The lowest BCUT2D eigenvalue weighted by Crippen LogP contribution is -2.30. The van der Waals surface area contributed by atoms with Crippen LogP contribution in [0.25, 0.3) is 0 Å². The molecular weight excluding hydrogens is 198 g/mol. The van der Waals surface area contributed by atoms with Gasteiger partial charge in [0, 0.05) is 18.5 Å². The highest BCUT2D eigenvalue weighted by Crippen LogP contribution is 2.31. The van der Waals surface area contributed by atoms with Crippen LogP contribution in [0.1, 0.15) is 31.4 Å². The van der Waals surface area contributed by atoms with Crippen molar-refractivity contribution in [2.24, 2.45) is 5.41 Å². The fourth-order valence-corrected chi connectivity index (χ4v) is 2.12. The number of aryl methyl sites for hydroxylation is 1.